The second kappa shape index (κ2) is 13.5. The normalized spacial score (nSPS) is 25.2. The second-order valence-electron chi connectivity index (χ2n) is 17.8. The molecule has 0 aromatic heterocycles. The second-order valence-corrected chi connectivity index (χ2v) is 17.8. The minimum atomic E-state index is 0.155. The van der Waals surface area contributed by atoms with Gasteiger partial charge in [0.15, 0.2) is 0 Å². The highest BCUT2D eigenvalue weighted by molar-refractivity contribution is 5.49. The lowest BCUT2D eigenvalue weighted by molar-refractivity contribution is -0.0888. The minimum absolute atomic E-state index is 0.155. The molecule has 2 heterocycles. The lowest BCUT2D eigenvalue weighted by atomic mass is 9.77. The van der Waals surface area contributed by atoms with Gasteiger partial charge >= 0.3 is 0 Å². The molecule has 2 N–H and O–H groups in total. The summed E-state index contributed by atoms with van der Waals surface area (Å²) in [6, 6.07) is 10.6. The molecule has 1 aromatic carbocycles. The van der Waals surface area contributed by atoms with Crippen molar-refractivity contribution in [1.29, 1.82) is 0 Å². The van der Waals surface area contributed by atoms with Gasteiger partial charge in [0.1, 0.15) is 0 Å². The van der Waals surface area contributed by atoms with E-state index in [1.54, 1.807) is 0 Å². The van der Waals surface area contributed by atoms with Crippen molar-refractivity contribution < 1.29 is 4.74 Å². The molecule has 42 heavy (non-hydrogen) atoms. The molecule has 0 radical (unpaired) electrons. The van der Waals surface area contributed by atoms with Gasteiger partial charge in [-0.25, -0.2) is 0 Å². The Morgan fingerprint density at radius 2 is 1.38 bits per heavy atom. The Bertz CT molecular complexity index is 959. The fourth-order valence-electron chi connectivity index (χ4n) is 7.41. The van der Waals surface area contributed by atoms with Gasteiger partial charge in [-0.05, 0) is 115 Å². The molecule has 1 atom stereocenters. The first-order chi connectivity index (χ1) is 19.4. The summed E-state index contributed by atoms with van der Waals surface area (Å²) in [4.78, 5) is 5.17. The summed E-state index contributed by atoms with van der Waals surface area (Å²) in [7, 11) is 0. The predicted molar refractivity (Wildman–Crippen MR) is 181 cm³/mol. The highest BCUT2D eigenvalue weighted by Gasteiger charge is 2.36. The van der Waals surface area contributed by atoms with Crippen LogP contribution in [0.3, 0.4) is 0 Å². The maximum atomic E-state index is 6.52. The summed E-state index contributed by atoms with van der Waals surface area (Å²) >= 11 is 0. The highest BCUT2D eigenvalue weighted by Crippen LogP contribution is 2.34. The van der Waals surface area contributed by atoms with Crippen molar-refractivity contribution in [3.8, 4) is 0 Å². The Balaban J connectivity index is 1.13. The Labute approximate surface area is 259 Å². The van der Waals surface area contributed by atoms with Crippen molar-refractivity contribution in [3.63, 3.8) is 0 Å². The monoisotopic (exact) mass is 583 g/mol. The predicted octanol–water partition coefficient (Wildman–Crippen LogP) is 7.43. The van der Waals surface area contributed by atoms with Gasteiger partial charge in [0, 0.05) is 61.6 Å². The summed E-state index contributed by atoms with van der Waals surface area (Å²) < 4.78 is 6.52. The Morgan fingerprint density at radius 3 is 1.98 bits per heavy atom. The zero-order chi connectivity index (χ0) is 30.8. The molecule has 1 aliphatic carbocycles. The lowest BCUT2D eigenvalue weighted by Crippen LogP contribution is -2.55. The van der Waals surface area contributed by atoms with Crippen molar-refractivity contribution in [1.82, 2.24) is 15.5 Å². The lowest BCUT2D eigenvalue weighted by Gasteiger charge is -2.44. The molecular formula is C37H66N4O. The number of benzene rings is 1. The SMILES string of the molecule is CC(C)(C)CN1CCC(O[C@H]2C[C@H](NC(C)(C)CCC(C)(C)Cc3ccc(N4CCC(NC(C)(C)C)C4)cc3)C2)CC1. The number of piperidine rings is 1. The Hall–Kier alpha value is -1.14. The van der Waals surface area contributed by atoms with E-state index in [1.807, 2.05) is 0 Å². The van der Waals surface area contributed by atoms with Crippen molar-refractivity contribution in [2.24, 2.45) is 10.8 Å². The number of hydrogen-bond donors (Lipinski definition) is 2. The van der Waals surface area contributed by atoms with Crippen LogP contribution >= 0.6 is 0 Å². The van der Waals surface area contributed by atoms with Crippen molar-refractivity contribution >= 4 is 5.69 Å². The van der Waals surface area contributed by atoms with E-state index >= 15 is 0 Å². The largest absolute Gasteiger partial charge is 0.375 e. The van der Waals surface area contributed by atoms with E-state index in [4.69, 9.17) is 4.74 Å². The van der Waals surface area contributed by atoms with Gasteiger partial charge in [-0.15, -0.1) is 0 Å². The average molecular weight is 583 g/mol. The summed E-state index contributed by atoms with van der Waals surface area (Å²) in [5.74, 6) is 0. The smallest absolute Gasteiger partial charge is 0.0608 e. The van der Waals surface area contributed by atoms with Gasteiger partial charge in [0.2, 0.25) is 0 Å². The van der Waals surface area contributed by atoms with Gasteiger partial charge < -0.3 is 25.2 Å². The number of nitrogens with zero attached hydrogens (tertiary/aromatic N) is 2. The third kappa shape index (κ3) is 11.1. The molecule has 4 rings (SSSR count). The van der Waals surface area contributed by atoms with E-state index < -0.39 is 0 Å². The Morgan fingerprint density at radius 1 is 0.738 bits per heavy atom. The highest BCUT2D eigenvalue weighted by atomic mass is 16.5. The number of nitrogens with one attached hydrogen (secondary N) is 2. The van der Waals surface area contributed by atoms with Crippen LogP contribution in [0.25, 0.3) is 0 Å². The number of likely N-dealkylation sites (tertiary alicyclic amines) is 1. The molecule has 3 fully saturated rings. The third-order valence-electron chi connectivity index (χ3n) is 9.54. The van der Waals surface area contributed by atoms with E-state index in [-0.39, 0.29) is 16.5 Å². The first-order valence-corrected chi connectivity index (χ1v) is 17.2. The van der Waals surface area contributed by atoms with Crippen LogP contribution in [0.4, 0.5) is 5.69 Å². The molecular weight excluding hydrogens is 516 g/mol. The maximum Gasteiger partial charge on any atom is 0.0608 e. The van der Waals surface area contributed by atoms with E-state index in [0.29, 0.717) is 29.7 Å². The Kier molecular flexibility index (Phi) is 10.8. The summed E-state index contributed by atoms with van der Waals surface area (Å²) in [6.45, 7) is 29.3. The fraction of sp³-hybridized carbons (Fsp3) is 0.838. The molecule has 1 unspecified atom stereocenters. The van der Waals surface area contributed by atoms with Crippen LogP contribution in [-0.2, 0) is 11.2 Å². The van der Waals surface area contributed by atoms with Crippen LogP contribution in [-0.4, -0.2) is 73.0 Å². The molecule has 3 aliphatic rings. The zero-order valence-electron chi connectivity index (χ0n) is 29.1. The van der Waals surface area contributed by atoms with Gasteiger partial charge in [-0.2, -0.15) is 0 Å². The minimum Gasteiger partial charge on any atom is -0.375 e. The van der Waals surface area contributed by atoms with Gasteiger partial charge in [-0.1, -0.05) is 46.8 Å². The van der Waals surface area contributed by atoms with Crippen LogP contribution in [0, 0.1) is 10.8 Å². The quantitative estimate of drug-likeness (QED) is 0.268. The van der Waals surface area contributed by atoms with Gasteiger partial charge in [-0.3, -0.25) is 0 Å². The molecule has 240 valence electrons. The number of rotatable bonds is 12. The molecule has 5 nitrogen and oxygen atoms in total. The van der Waals surface area contributed by atoms with E-state index in [0.717, 1.165) is 19.5 Å². The van der Waals surface area contributed by atoms with Crippen LogP contribution in [0.15, 0.2) is 24.3 Å². The van der Waals surface area contributed by atoms with Crippen molar-refractivity contribution in [2.45, 2.75) is 156 Å². The van der Waals surface area contributed by atoms with Crippen LogP contribution in [0.5, 0.6) is 0 Å². The summed E-state index contributed by atoms with van der Waals surface area (Å²) in [6.07, 6.45) is 10.4. The molecule has 2 saturated heterocycles. The first kappa shape index (κ1) is 33.7. The van der Waals surface area contributed by atoms with E-state index in [1.165, 1.54) is 75.8 Å². The molecule has 1 saturated carbocycles. The molecule has 0 spiro atoms. The fourth-order valence-corrected chi connectivity index (χ4v) is 7.41. The van der Waals surface area contributed by atoms with E-state index in [2.05, 4.69) is 114 Å². The molecule has 1 aromatic rings. The first-order valence-electron chi connectivity index (χ1n) is 17.2. The number of hydrogen-bond acceptors (Lipinski definition) is 5. The molecule has 2 aliphatic heterocycles. The molecule has 0 bridgehead atoms. The average Bonchev–Trinajstić information content (AvgIpc) is 3.29. The van der Waals surface area contributed by atoms with Crippen molar-refractivity contribution in [2.75, 3.05) is 37.6 Å². The molecule has 5 heteroatoms. The third-order valence-corrected chi connectivity index (χ3v) is 9.54. The standard InChI is InChI=1S/C37H66N4O/c1-34(2,3)27-40-20-16-32(17-21-40)42-33-23-30(24-33)39-37(9,10)19-18-36(7,8)25-28-11-13-31(14-12-28)41-22-15-29(26-41)38-35(4,5)6/h11-14,29-30,32-33,38-39H,15-27H2,1-10H3/t29?,30-,33-. The number of ether oxygens (including phenoxy) is 1. The maximum absolute atomic E-state index is 6.52. The van der Waals surface area contributed by atoms with Crippen LogP contribution in [0.2, 0.25) is 0 Å². The van der Waals surface area contributed by atoms with Gasteiger partial charge in [0.25, 0.3) is 0 Å². The topological polar surface area (TPSA) is 39.8 Å². The van der Waals surface area contributed by atoms with Crippen LogP contribution in [0.1, 0.15) is 120 Å². The van der Waals surface area contributed by atoms with Crippen molar-refractivity contribution in [3.05, 3.63) is 29.8 Å². The zero-order valence-corrected chi connectivity index (χ0v) is 29.1. The van der Waals surface area contributed by atoms with Gasteiger partial charge in [0.05, 0.1) is 12.2 Å². The van der Waals surface area contributed by atoms with Crippen LogP contribution < -0.4 is 15.5 Å². The summed E-state index contributed by atoms with van der Waals surface area (Å²) in [5.41, 5.74) is 3.83. The summed E-state index contributed by atoms with van der Waals surface area (Å²) in [5, 5.41) is 7.76. The van der Waals surface area contributed by atoms with E-state index in [9.17, 15) is 0 Å². The molecule has 0 amide bonds. The number of anilines is 1.